The van der Waals surface area contributed by atoms with E-state index in [1.807, 2.05) is 43.5 Å². The zero-order valence-electron chi connectivity index (χ0n) is 17.0. The van der Waals surface area contributed by atoms with Gasteiger partial charge in [-0.25, -0.2) is 13.4 Å². The van der Waals surface area contributed by atoms with Crippen LogP contribution in [0.3, 0.4) is 0 Å². The number of sulfone groups is 1. The first-order chi connectivity index (χ1) is 14.4. The van der Waals surface area contributed by atoms with Crippen LogP contribution in [0.15, 0.2) is 41.7 Å². The van der Waals surface area contributed by atoms with Gasteiger partial charge in [0.2, 0.25) is 5.91 Å². The molecule has 2 saturated heterocycles. The van der Waals surface area contributed by atoms with Gasteiger partial charge in [0.05, 0.1) is 41.3 Å². The Morgan fingerprint density at radius 1 is 1.33 bits per heavy atom. The number of hydrogen-bond donors (Lipinski definition) is 1. The highest BCUT2D eigenvalue weighted by atomic mass is 32.2. The molecule has 1 aromatic heterocycles. The molecule has 0 saturated carbocycles. The van der Waals surface area contributed by atoms with Crippen molar-refractivity contribution < 1.29 is 17.9 Å². The molecule has 2 fully saturated rings. The molecule has 0 radical (unpaired) electrons. The SMILES string of the molecule is CC(Sc1ncc(-c2ccccc2)n1CC1CCCO1)C(=O)NC1CCS(=O)(=O)C1. The topological polar surface area (TPSA) is 90.3 Å². The quantitative estimate of drug-likeness (QED) is 0.654. The molecule has 1 amide bonds. The van der Waals surface area contributed by atoms with E-state index in [-0.39, 0.29) is 34.8 Å². The maximum Gasteiger partial charge on any atom is 0.233 e. The Kier molecular flexibility index (Phi) is 6.50. The lowest BCUT2D eigenvalue weighted by molar-refractivity contribution is -0.120. The lowest BCUT2D eigenvalue weighted by atomic mass is 10.1. The minimum absolute atomic E-state index is 0.0297. The Morgan fingerprint density at radius 2 is 2.13 bits per heavy atom. The number of benzene rings is 1. The molecular weight excluding hydrogens is 422 g/mol. The van der Waals surface area contributed by atoms with E-state index in [0.29, 0.717) is 13.0 Å². The van der Waals surface area contributed by atoms with E-state index in [1.54, 1.807) is 0 Å². The van der Waals surface area contributed by atoms with Crippen LogP contribution in [0.25, 0.3) is 11.3 Å². The average Bonchev–Trinajstić information content (AvgIpc) is 3.44. The van der Waals surface area contributed by atoms with Gasteiger partial charge in [0, 0.05) is 12.6 Å². The second kappa shape index (κ2) is 9.11. The zero-order valence-corrected chi connectivity index (χ0v) is 18.6. The lowest BCUT2D eigenvalue weighted by Gasteiger charge is -2.19. The van der Waals surface area contributed by atoms with Crippen molar-refractivity contribution in [3.05, 3.63) is 36.5 Å². The molecule has 0 spiro atoms. The maximum atomic E-state index is 12.7. The first-order valence-corrected chi connectivity index (χ1v) is 13.0. The molecule has 30 heavy (non-hydrogen) atoms. The fraction of sp³-hybridized carbons (Fsp3) is 0.524. The van der Waals surface area contributed by atoms with Crippen molar-refractivity contribution in [3.8, 4) is 11.3 Å². The Balaban J connectivity index is 1.49. The summed E-state index contributed by atoms with van der Waals surface area (Å²) in [5.74, 6) is 0.0169. The van der Waals surface area contributed by atoms with Crippen LogP contribution in [0.4, 0.5) is 0 Å². The number of rotatable bonds is 7. The van der Waals surface area contributed by atoms with Crippen molar-refractivity contribution in [1.82, 2.24) is 14.9 Å². The third-order valence-electron chi connectivity index (χ3n) is 5.53. The summed E-state index contributed by atoms with van der Waals surface area (Å²) in [6.07, 6.45) is 4.56. The first kappa shape index (κ1) is 21.4. The maximum absolute atomic E-state index is 12.7. The average molecular weight is 450 g/mol. The number of amides is 1. The number of nitrogens with zero attached hydrogens (tertiary/aromatic N) is 2. The molecule has 0 bridgehead atoms. The number of aromatic nitrogens is 2. The molecular formula is C21H27N3O4S2. The highest BCUT2D eigenvalue weighted by molar-refractivity contribution is 8.00. The van der Waals surface area contributed by atoms with Crippen LogP contribution in [0, 0.1) is 0 Å². The van der Waals surface area contributed by atoms with Crippen molar-refractivity contribution in [2.24, 2.45) is 0 Å². The molecule has 2 aliphatic heterocycles. The Bertz CT molecular complexity index is 985. The summed E-state index contributed by atoms with van der Waals surface area (Å²) in [5.41, 5.74) is 2.08. The van der Waals surface area contributed by atoms with Gasteiger partial charge >= 0.3 is 0 Å². The summed E-state index contributed by atoms with van der Waals surface area (Å²) >= 11 is 1.40. The van der Waals surface area contributed by atoms with Crippen molar-refractivity contribution in [3.63, 3.8) is 0 Å². The molecule has 1 N–H and O–H groups in total. The fourth-order valence-corrected chi connectivity index (χ4v) is 6.48. The van der Waals surface area contributed by atoms with Gasteiger partial charge in [-0.05, 0) is 31.7 Å². The molecule has 1 aromatic carbocycles. The third kappa shape index (κ3) is 5.07. The largest absolute Gasteiger partial charge is 0.376 e. The van der Waals surface area contributed by atoms with Crippen LogP contribution in [-0.4, -0.2) is 59.4 Å². The van der Waals surface area contributed by atoms with Crippen molar-refractivity contribution in [1.29, 1.82) is 0 Å². The monoisotopic (exact) mass is 449 g/mol. The van der Waals surface area contributed by atoms with E-state index in [2.05, 4.69) is 14.9 Å². The smallest absolute Gasteiger partial charge is 0.233 e. The molecule has 162 valence electrons. The summed E-state index contributed by atoms with van der Waals surface area (Å²) in [5, 5.41) is 3.27. The summed E-state index contributed by atoms with van der Waals surface area (Å²) in [6, 6.07) is 9.78. The van der Waals surface area contributed by atoms with Gasteiger partial charge in [0.25, 0.3) is 0 Å². The van der Waals surface area contributed by atoms with Crippen LogP contribution >= 0.6 is 11.8 Å². The van der Waals surface area contributed by atoms with E-state index in [9.17, 15) is 13.2 Å². The second-order valence-corrected chi connectivity index (χ2v) is 11.4. The summed E-state index contributed by atoms with van der Waals surface area (Å²) in [7, 11) is -3.03. The van der Waals surface area contributed by atoms with E-state index in [0.717, 1.165) is 35.9 Å². The number of ether oxygens (including phenoxy) is 1. The predicted molar refractivity (Wildman–Crippen MR) is 117 cm³/mol. The van der Waals surface area contributed by atoms with Gasteiger partial charge in [0.15, 0.2) is 15.0 Å². The first-order valence-electron chi connectivity index (χ1n) is 10.3. The molecule has 3 heterocycles. The second-order valence-electron chi connectivity index (χ2n) is 7.91. The van der Waals surface area contributed by atoms with Crippen LogP contribution < -0.4 is 5.32 Å². The number of carbonyl (C=O) groups excluding carboxylic acids is 1. The predicted octanol–water partition coefficient (Wildman–Crippen LogP) is 2.51. The summed E-state index contributed by atoms with van der Waals surface area (Å²) in [6.45, 7) is 3.31. The van der Waals surface area contributed by atoms with Crippen LogP contribution in [0.2, 0.25) is 0 Å². The number of carbonyl (C=O) groups is 1. The highest BCUT2D eigenvalue weighted by Gasteiger charge is 2.31. The Hall–Kier alpha value is -1.84. The van der Waals surface area contributed by atoms with Gasteiger partial charge in [-0.3, -0.25) is 4.79 Å². The number of thioether (sulfide) groups is 1. The summed E-state index contributed by atoms with van der Waals surface area (Å²) < 4.78 is 31.3. The molecule has 0 aliphatic carbocycles. The van der Waals surface area contributed by atoms with E-state index in [4.69, 9.17) is 4.74 Å². The van der Waals surface area contributed by atoms with Gasteiger partial charge in [-0.2, -0.15) is 0 Å². The Labute approximate surface area is 181 Å². The zero-order chi connectivity index (χ0) is 21.1. The molecule has 3 atom stereocenters. The molecule has 4 rings (SSSR count). The van der Waals surface area contributed by atoms with E-state index in [1.165, 1.54) is 11.8 Å². The standard InChI is InChI=1S/C21H27N3O4S2/c1-15(20(25)23-17-9-11-30(26,27)14-17)29-21-22-12-19(16-6-3-2-4-7-16)24(21)13-18-8-5-10-28-18/h2-4,6-7,12,15,17-18H,5,8-11,13-14H2,1H3,(H,23,25). The van der Waals surface area contributed by atoms with Crippen molar-refractivity contribution >= 4 is 27.5 Å². The van der Waals surface area contributed by atoms with Gasteiger partial charge < -0.3 is 14.6 Å². The van der Waals surface area contributed by atoms with Crippen LogP contribution in [-0.2, 0) is 25.9 Å². The van der Waals surface area contributed by atoms with E-state index < -0.39 is 9.84 Å². The Morgan fingerprint density at radius 3 is 2.80 bits per heavy atom. The number of nitrogens with one attached hydrogen (secondary N) is 1. The minimum Gasteiger partial charge on any atom is -0.376 e. The molecule has 7 nitrogen and oxygen atoms in total. The number of hydrogen-bond acceptors (Lipinski definition) is 6. The normalized spacial score (nSPS) is 24.0. The third-order valence-corrected chi connectivity index (χ3v) is 8.40. The lowest BCUT2D eigenvalue weighted by Crippen LogP contribution is -2.40. The van der Waals surface area contributed by atoms with Gasteiger partial charge in [-0.1, -0.05) is 42.1 Å². The molecule has 3 unspecified atom stereocenters. The fourth-order valence-electron chi connectivity index (χ4n) is 3.90. The molecule has 9 heteroatoms. The molecule has 2 aliphatic rings. The van der Waals surface area contributed by atoms with Crippen LogP contribution in [0.5, 0.6) is 0 Å². The van der Waals surface area contributed by atoms with Crippen molar-refractivity contribution in [2.45, 2.75) is 55.3 Å². The highest BCUT2D eigenvalue weighted by Crippen LogP contribution is 2.30. The number of imidazole rings is 1. The van der Waals surface area contributed by atoms with E-state index >= 15 is 0 Å². The van der Waals surface area contributed by atoms with Gasteiger partial charge in [0.1, 0.15) is 0 Å². The molecule has 2 aromatic rings. The minimum atomic E-state index is -3.03. The van der Waals surface area contributed by atoms with Crippen LogP contribution in [0.1, 0.15) is 26.2 Å². The van der Waals surface area contributed by atoms with Gasteiger partial charge in [-0.15, -0.1) is 0 Å². The van der Waals surface area contributed by atoms with Crippen molar-refractivity contribution in [2.75, 3.05) is 18.1 Å². The summed E-state index contributed by atoms with van der Waals surface area (Å²) in [4.78, 5) is 17.3.